The van der Waals surface area contributed by atoms with E-state index in [9.17, 15) is 38.7 Å². The third-order valence-corrected chi connectivity index (χ3v) is 6.58. The molecule has 2 aliphatic heterocycles. The largest absolute Gasteiger partial charge is 0.463 e. The summed E-state index contributed by atoms with van der Waals surface area (Å²) in [5.41, 5.74) is 0. The van der Waals surface area contributed by atoms with E-state index in [2.05, 4.69) is 15.9 Å². The van der Waals surface area contributed by atoms with Crippen molar-refractivity contribution in [2.75, 3.05) is 13.2 Å². The molecule has 2 aliphatic rings. The average Bonchev–Trinajstić information content (AvgIpc) is 2.87. The summed E-state index contributed by atoms with van der Waals surface area (Å²) in [7, 11) is 0. The van der Waals surface area contributed by atoms with E-state index in [-0.39, 0.29) is 0 Å². The lowest BCUT2D eigenvalue weighted by Crippen LogP contribution is -2.68. The van der Waals surface area contributed by atoms with Crippen molar-refractivity contribution in [2.45, 2.75) is 108 Å². The first-order chi connectivity index (χ1) is 20.8. The highest BCUT2D eigenvalue weighted by molar-refractivity contribution is 9.10. The van der Waals surface area contributed by atoms with E-state index in [1.54, 1.807) is 0 Å². The standard InChI is InChI=1S/C26H35BrO18/c1-10(28)36-8-17-19(38-12(3)30)21(39-13(4)31)23(41-15(6)33)25(43-17)44-20-18(9-37-11(2)29)45-26(27,35)24(42-16(7)34)22(20)40-14(5)32/h17-25,35H,8-9H2,1-7H3/t17-,18-,19+,20-,21+,22+,23-,24-,25?,26?/m1/s1. The number of hydrogen-bond acceptors (Lipinski definition) is 18. The second-order valence-corrected chi connectivity index (χ2v) is 11.0. The van der Waals surface area contributed by atoms with Crippen molar-refractivity contribution in [3.63, 3.8) is 0 Å². The summed E-state index contributed by atoms with van der Waals surface area (Å²) in [6, 6.07) is 0. The second-order valence-electron chi connectivity index (χ2n) is 9.84. The van der Waals surface area contributed by atoms with Crippen LogP contribution in [0, 0.1) is 0 Å². The zero-order valence-electron chi connectivity index (χ0n) is 25.4. The quantitative estimate of drug-likeness (QED) is 0.159. The van der Waals surface area contributed by atoms with Crippen LogP contribution in [-0.4, -0.2) is 120 Å². The molecule has 0 aromatic rings. The Labute approximate surface area is 265 Å². The minimum atomic E-state index is -2.52. The van der Waals surface area contributed by atoms with Crippen LogP contribution in [0.1, 0.15) is 48.5 Å². The number of halogens is 1. The van der Waals surface area contributed by atoms with Crippen molar-refractivity contribution in [1.82, 2.24) is 0 Å². The van der Waals surface area contributed by atoms with Gasteiger partial charge < -0.3 is 52.5 Å². The van der Waals surface area contributed by atoms with Crippen LogP contribution in [0.2, 0.25) is 0 Å². The van der Waals surface area contributed by atoms with E-state index in [0.29, 0.717) is 0 Å². The number of rotatable bonds is 11. The van der Waals surface area contributed by atoms with Crippen LogP contribution in [0.3, 0.4) is 0 Å². The predicted octanol–water partition coefficient (Wildman–Crippen LogP) is -0.679. The molecule has 1 N–H and O–H groups in total. The molecule has 0 saturated carbocycles. The molecule has 18 nitrogen and oxygen atoms in total. The first-order valence-corrected chi connectivity index (χ1v) is 14.1. The predicted molar refractivity (Wildman–Crippen MR) is 143 cm³/mol. The van der Waals surface area contributed by atoms with Gasteiger partial charge in [-0.3, -0.25) is 33.6 Å². The molecule has 0 aromatic heterocycles. The second kappa shape index (κ2) is 16.3. The van der Waals surface area contributed by atoms with Gasteiger partial charge in [0.25, 0.3) is 4.70 Å². The van der Waals surface area contributed by atoms with Crippen LogP contribution in [-0.2, 0) is 80.9 Å². The van der Waals surface area contributed by atoms with E-state index in [1.807, 2.05) is 0 Å². The Bertz CT molecular complexity index is 1140. The molecule has 0 aliphatic carbocycles. The molecule has 0 amide bonds. The molecule has 10 atom stereocenters. The molecular formula is C26H35BrO18. The van der Waals surface area contributed by atoms with Gasteiger partial charge in [0.05, 0.1) is 0 Å². The van der Waals surface area contributed by atoms with Crippen molar-refractivity contribution < 1.29 is 86.0 Å². The van der Waals surface area contributed by atoms with E-state index < -0.39 is 115 Å². The maximum atomic E-state index is 12.2. The van der Waals surface area contributed by atoms with Gasteiger partial charge in [-0.15, -0.1) is 0 Å². The van der Waals surface area contributed by atoms with Gasteiger partial charge in [0.2, 0.25) is 6.10 Å². The minimum Gasteiger partial charge on any atom is -0.463 e. The molecule has 254 valence electrons. The molecule has 19 heteroatoms. The lowest BCUT2D eigenvalue weighted by atomic mass is 9.96. The summed E-state index contributed by atoms with van der Waals surface area (Å²) >= 11 is 2.89. The molecule has 2 unspecified atom stereocenters. The molecule has 2 heterocycles. The van der Waals surface area contributed by atoms with Crippen molar-refractivity contribution in [3.05, 3.63) is 0 Å². The normalized spacial score (nSPS) is 32.7. The number of carbonyl (C=O) groups excluding carboxylic acids is 7. The molecule has 2 fully saturated rings. The molecular weight excluding hydrogens is 680 g/mol. The fourth-order valence-electron chi connectivity index (χ4n) is 4.52. The topological polar surface area (TPSA) is 232 Å². The van der Waals surface area contributed by atoms with E-state index in [4.69, 9.17) is 47.4 Å². The number of aliphatic hydroxyl groups is 1. The Balaban J connectivity index is 2.71. The molecule has 0 radical (unpaired) electrons. The van der Waals surface area contributed by atoms with Crippen LogP contribution >= 0.6 is 15.9 Å². The Kier molecular flexibility index (Phi) is 13.7. The number of alkyl halides is 1. The number of hydrogen-bond donors (Lipinski definition) is 1. The summed E-state index contributed by atoms with van der Waals surface area (Å²) in [6.45, 7) is 5.99. The van der Waals surface area contributed by atoms with Crippen LogP contribution in [0.5, 0.6) is 0 Å². The highest BCUT2D eigenvalue weighted by atomic mass is 79.9. The Hall–Kier alpha value is -3.39. The highest BCUT2D eigenvalue weighted by Crippen LogP contribution is 2.40. The first kappa shape index (κ1) is 37.8. The highest BCUT2D eigenvalue weighted by Gasteiger charge is 2.60. The summed E-state index contributed by atoms with van der Waals surface area (Å²) < 4.78 is 51.9. The monoisotopic (exact) mass is 714 g/mol. The van der Waals surface area contributed by atoms with E-state index >= 15 is 0 Å². The van der Waals surface area contributed by atoms with E-state index in [0.717, 1.165) is 48.5 Å². The van der Waals surface area contributed by atoms with Crippen LogP contribution in [0.25, 0.3) is 0 Å². The van der Waals surface area contributed by atoms with Crippen LogP contribution in [0.4, 0.5) is 0 Å². The number of ether oxygens (including phenoxy) is 10. The Morgan fingerprint density at radius 2 is 1.00 bits per heavy atom. The van der Waals surface area contributed by atoms with Gasteiger partial charge in [-0.1, -0.05) is 0 Å². The number of carbonyl (C=O) groups is 7. The first-order valence-electron chi connectivity index (χ1n) is 13.3. The zero-order valence-corrected chi connectivity index (χ0v) is 27.0. The number of esters is 7. The molecule has 0 aromatic carbocycles. The van der Waals surface area contributed by atoms with Crippen molar-refractivity contribution in [1.29, 1.82) is 0 Å². The van der Waals surface area contributed by atoms with Gasteiger partial charge in [0.15, 0.2) is 30.7 Å². The van der Waals surface area contributed by atoms with Gasteiger partial charge in [-0.25, -0.2) is 0 Å². The fourth-order valence-corrected chi connectivity index (χ4v) is 5.11. The smallest absolute Gasteiger partial charge is 0.303 e. The Morgan fingerprint density at radius 1 is 0.578 bits per heavy atom. The SMILES string of the molecule is CC(=O)OC[C@H]1OC(O[C@H]2[C@H](OC(C)=O)[C@@H](OC(C)=O)C(O)(Br)O[C@@H]2COC(C)=O)[C@H](OC(C)=O)[C@@H](OC(C)=O)[C@H]1OC(C)=O. The Morgan fingerprint density at radius 3 is 1.47 bits per heavy atom. The molecule has 2 rings (SSSR count). The molecule has 0 spiro atoms. The molecule has 0 bridgehead atoms. The van der Waals surface area contributed by atoms with Gasteiger partial charge in [0.1, 0.15) is 31.5 Å². The van der Waals surface area contributed by atoms with Crippen molar-refractivity contribution in [3.8, 4) is 0 Å². The van der Waals surface area contributed by atoms with E-state index in [1.165, 1.54) is 0 Å². The van der Waals surface area contributed by atoms with Gasteiger partial charge in [-0.05, 0) is 15.9 Å². The maximum absolute atomic E-state index is 12.2. The van der Waals surface area contributed by atoms with Crippen LogP contribution in [0.15, 0.2) is 0 Å². The minimum absolute atomic E-state index is 0.583. The average molecular weight is 715 g/mol. The van der Waals surface area contributed by atoms with Gasteiger partial charge in [-0.2, -0.15) is 0 Å². The summed E-state index contributed by atoms with van der Waals surface area (Å²) in [5.74, 6) is -6.14. The third kappa shape index (κ3) is 11.2. The summed E-state index contributed by atoms with van der Waals surface area (Å²) in [6.07, 6.45) is -14.8. The fraction of sp³-hybridized carbons (Fsp3) is 0.731. The molecule has 2 saturated heterocycles. The van der Waals surface area contributed by atoms with Crippen LogP contribution < -0.4 is 0 Å². The molecule has 45 heavy (non-hydrogen) atoms. The summed E-state index contributed by atoms with van der Waals surface area (Å²) in [4.78, 5) is 83.9. The van der Waals surface area contributed by atoms with Crippen molar-refractivity contribution >= 4 is 57.7 Å². The lowest BCUT2D eigenvalue weighted by molar-refractivity contribution is -0.362. The summed E-state index contributed by atoms with van der Waals surface area (Å²) in [5, 5.41) is 11.0. The van der Waals surface area contributed by atoms with Gasteiger partial charge in [0, 0.05) is 48.5 Å². The van der Waals surface area contributed by atoms with Gasteiger partial charge >= 0.3 is 41.8 Å². The van der Waals surface area contributed by atoms with Crippen molar-refractivity contribution in [2.24, 2.45) is 0 Å². The third-order valence-electron chi connectivity index (χ3n) is 5.94. The maximum Gasteiger partial charge on any atom is 0.303 e. The zero-order chi connectivity index (χ0) is 34.2. The lowest BCUT2D eigenvalue weighted by Gasteiger charge is -2.49.